The Morgan fingerprint density at radius 3 is 2.61 bits per heavy atom. The summed E-state index contributed by atoms with van der Waals surface area (Å²) in [5.41, 5.74) is 2.23. The SMILES string of the molecule is CN1CCN(C(O)NCc2ccc(-c3cnc(C4CN(C(=O)c5ccc(NC(=O)[C@@H]6CCCN6)s5)C4)s3)cc2)CC1. The number of benzene rings is 1. The minimum Gasteiger partial charge on any atom is -0.365 e. The minimum atomic E-state index is -0.636. The van der Waals surface area contributed by atoms with Gasteiger partial charge in [-0.2, -0.15) is 0 Å². The van der Waals surface area contributed by atoms with Crippen LogP contribution >= 0.6 is 22.7 Å². The maximum absolute atomic E-state index is 13.0. The fourth-order valence-corrected chi connectivity index (χ4v) is 7.28. The van der Waals surface area contributed by atoms with E-state index in [4.69, 9.17) is 0 Å². The molecule has 1 aromatic carbocycles. The molecule has 0 saturated carbocycles. The van der Waals surface area contributed by atoms with E-state index in [0.717, 1.165) is 66.6 Å². The van der Waals surface area contributed by atoms with E-state index in [1.807, 2.05) is 17.2 Å². The van der Waals surface area contributed by atoms with Crippen LogP contribution in [0, 0.1) is 0 Å². The van der Waals surface area contributed by atoms with Gasteiger partial charge in [0.15, 0.2) is 6.35 Å². The molecule has 6 rings (SSSR count). The molecule has 3 aliphatic heterocycles. The van der Waals surface area contributed by atoms with Crippen molar-refractivity contribution in [2.45, 2.75) is 37.7 Å². The van der Waals surface area contributed by atoms with Crippen molar-refractivity contribution in [2.75, 3.05) is 58.2 Å². The van der Waals surface area contributed by atoms with Gasteiger partial charge in [-0.15, -0.1) is 22.7 Å². The first kappa shape index (κ1) is 28.4. The number of nitrogens with zero attached hydrogens (tertiary/aromatic N) is 4. The summed E-state index contributed by atoms with van der Waals surface area (Å²) in [6.45, 7) is 6.42. The van der Waals surface area contributed by atoms with Crippen molar-refractivity contribution in [1.29, 1.82) is 0 Å². The van der Waals surface area contributed by atoms with Crippen molar-refractivity contribution in [3.05, 3.63) is 58.0 Å². The Balaban J connectivity index is 0.968. The normalized spacial score (nSPS) is 21.1. The van der Waals surface area contributed by atoms with E-state index >= 15 is 0 Å². The van der Waals surface area contributed by atoms with Crippen molar-refractivity contribution >= 4 is 39.5 Å². The van der Waals surface area contributed by atoms with Gasteiger partial charge in [0.1, 0.15) is 0 Å². The molecular formula is C29H37N7O3S2. The number of piperazine rings is 1. The lowest BCUT2D eigenvalue weighted by atomic mass is 10.0. The smallest absolute Gasteiger partial charge is 0.264 e. The molecule has 218 valence electrons. The van der Waals surface area contributed by atoms with E-state index in [9.17, 15) is 14.7 Å². The Kier molecular flexibility index (Phi) is 8.77. The fourth-order valence-electron chi connectivity index (χ4n) is 5.39. The third-order valence-corrected chi connectivity index (χ3v) is 10.3. The first-order valence-corrected chi connectivity index (χ1v) is 15.9. The number of hydrogen-bond acceptors (Lipinski definition) is 10. The summed E-state index contributed by atoms with van der Waals surface area (Å²) in [5.74, 6) is 0.215. The molecule has 3 aromatic rings. The van der Waals surface area contributed by atoms with Crippen molar-refractivity contribution < 1.29 is 14.7 Å². The quantitative estimate of drug-likeness (QED) is 0.279. The van der Waals surface area contributed by atoms with Crippen LogP contribution in [-0.2, 0) is 11.3 Å². The number of thiazole rings is 1. The maximum atomic E-state index is 13.0. The zero-order chi connectivity index (χ0) is 28.3. The van der Waals surface area contributed by atoms with Crippen LogP contribution in [0.3, 0.4) is 0 Å². The first-order valence-electron chi connectivity index (χ1n) is 14.3. The molecule has 4 N–H and O–H groups in total. The van der Waals surface area contributed by atoms with Crippen LogP contribution in [0.4, 0.5) is 5.00 Å². The molecule has 2 aromatic heterocycles. The lowest BCUT2D eigenvalue weighted by molar-refractivity contribution is -0.117. The second kappa shape index (κ2) is 12.7. The summed E-state index contributed by atoms with van der Waals surface area (Å²) in [6.07, 6.45) is 3.14. The number of hydrogen-bond donors (Lipinski definition) is 4. The summed E-state index contributed by atoms with van der Waals surface area (Å²) in [7, 11) is 2.10. The topological polar surface area (TPSA) is 113 Å². The second-order valence-corrected chi connectivity index (χ2v) is 13.2. The Bertz CT molecular complexity index is 1340. The van der Waals surface area contributed by atoms with E-state index in [1.165, 1.54) is 11.3 Å². The number of likely N-dealkylation sites (N-methyl/N-ethyl adjacent to an activating group) is 1. The van der Waals surface area contributed by atoms with Crippen molar-refractivity contribution in [3.8, 4) is 10.4 Å². The van der Waals surface area contributed by atoms with Gasteiger partial charge in [0.2, 0.25) is 5.91 Å². The Morgan fingerprint density at radius 2 is 1.88 bits per heavy atom. The molecule has 0 radical (unpaired) electrons. The van der Waals surface area contributed by atoms with E-state index in [0.29, 0.717) is 29.5 Å². The van der Waals surface area contributed by atoms with Crippen LogP contribution in [-0.4, -0.2) is 102 Å². The average molecular weight is 596 g/mol. The highest BCUT2D eigenvalue weighted by atomic mass is 32.1. The van der Waals surface area contributed by atoms with Crippen molar-refractivity contribution in [3.63, 3.8) is 0 Å². The molecule has 3 saturated heterocycles. The predicted octanol–water partition coefficient (Wildman–Crippen LogP) is 2.41. The van der Waals surface area contributed by atoms with Gasteiger partial charge in [-0.1, -0.05) is 24.3 Å². The summed E-state index contributed by atoms with van der Waals surface area (Å²) in [6, 6.07) is 11.8. The Labute approximate surface area is 248 Å². The summed E-state index contributed by atoms with van der Waals surface area (Å²) < 4.78 is 0. The minimum absolute atomic E-state index is 0.00413. The van der Waals surface area contributed by atoms with Crippen LogP contribution in [0.1, 0.15) is 39.0 Å². The van der Waals surface area contributed by atoms with Crippen LogP contribution < -0.4 is 16.0 Å². The van der Waals surface area contributed by atoms with Gasteiger partial charge >= 0.3 is 0 Å². The molecule has 12 heteroatoms. The molecule has 5 heterocycles. The molecule has 2 amide bonds. The molecule has 0 spiro atoms. The number of amides is 2. The number of aliphatic hydroxyl groups is 1. The average Bonchev–Trinajstić information content (AvgIpc) is 3.74. The standard InChI is InChI=1S/C29H37N7O3S2/c1-34-11-13-35(14-12-34)29(39)32-15-19-4-6-20(7-5-19)24-16-31-27(41-24)21-17-36(18-21)28(38)23-8-9-25(40-23)33-26(37)22-3-2-10-30-22/h4-9,16,21-22,29-30,32,39H,2-3,10-15,17-18H2,1H3,(H,33,37)/t22-,29?/m0/s1. The summed E-state index contributed by atoms with van der Waals surface area (Å²) >= 11 is 3.01. The highest BCUT2D eigenvalue weighted by molar-refractivity contribution is 7.18. The highest BCUT2D eigenvalue weighted by Crippen LogP contribution is 2.36. The predicted molar refractivity (Wildman–Crippen MR) is 162 cm³/mol. The molecule has 41 heavy (non-hydrogen) atoms. The first-order chi connectivity index (χ1) is 19.9. The van der Waals surface area contributed by atoms with Crippen LogP contribution in [0.15, 0.2) is 42.6 Å². The van der Waals surface area contributed by atoms with E-state index in [-0.39, 0.29) is 23.8 Å². The molecule has 0 bridgehead atoms. The van der Waals surface area contributed by atoms with Gasteiger partial charge in [0, 0.05) is 57.9 Å². The highest BCUT2D eigenvalue weighted by Gasteiger charge is 2.35. The Morgan fingerprint density at radius 1 is 1.10 bits per heavy atom. The number of aromatic nitrogens is 1. The van der Waals surface area contributed by atoms with Crippen LogP contribution in [0.5, 0.6) is 0 Å². The molecule has 3 aliphatic rings. The lowest BCUT2D eigenvalue weighted by Gasteiger charge is -2.37. The zero-order valence-electron chi connectivity index (χ0n) is 23.2. The van der Waals surface area contributed by atoms with Crippen molar-refractivity contribution in [1.82, 2.24) is 30.3 Å². The lowest BCUT2D eigenvalue weighted by Crippen LogP contribution is -2.53. The number of aliphatic hydroxyl groups excluding tert-OH is 1. The molecule has 1 unspecified atom stereocenters. The summed E-state index contributed by atoms with van der Waals surface area (Å²) in [4.78, 5) is 37.9. The molecular weight excluding hydrogens is 558 g/mol. The van der Waals surface area contributed by atoms with Gasteiger partial charge in [0.05, 0.1) is 25.8 Å². The number of carbonyl (C=O) groups is 2. The third-order valence-electron chi connectivity index (χ3n) is 8.09. The molecule has 2 atom stereocenters. The number of rotatable bonds is 9. The maximum Gasteiger partial charge on any atom is 0.264 e. The van der Waals surface area contributed by atoms with E-state index < -0.39 is 6.35 Å². The monoisotopic (exact) mass is 595 g/mol. The zero-order valence-corrected chi connectivity index (χ0v) is 24.8. The second-order valence-electron chi connectivity index (χ2n) is 11.1. The van der Waals surface area contributed by atoms with Gasteiger partial charge in [-0.25, -0.2) is 4.98 Å². The van der Waals surface area contributed by atoms with Crippen LogP contribution in [0.25, 0.3) is 10.4 Å². The van der Waals surface area contributed by atoms with Crippen LogP contribution in [0.2, 0.25) is 0 Å². The third kappa shape index (κ3) is 6.69. The molecule has 10 nitrogen and oxygen atoms in total. The number of anilines is 1. The van der Waals surface area contributed by atoms with Gasteiger partial charge in [-0.3, -0.25) is 19.8 Å². The van der Waals surface area contributed by atoms with E-state index in [1.54, 1.807) is 17.4 Å². The summed E-state index contributed by atoms with van der Waals surface area (Å²) in [5, 5.41) is 21.6. The largest absolute Gasteiger partial charge is 0.365 e. The van der Waals surface area contributed by atoms with Gasteiger partial charge in [-0.05, 0) is 49.7 Å². The number of nitrogens with one attached hydrogen (secondary N) is 3. The molecule has 3 fully saturated rings. The fraction of sp³-hybridized carbons (Fsp3) is 0.483. The van der Waals surface area contributed by atoms with Gasteiger partial charge < -0.3 is 25.5 Å². The van der Waals surface area contributed by atoms with Crippen molar-refractivity contribution in [2.24, 2.45) is 0 Å². The van der Waals surface area contributed by atoms with Gasteiger partial charge in [0.25, 0.3) is 5.91 Å². The number of carbonyl (C=O) groups excluding carboxylic acids is 2. The van der Waals surface area contributed by atoms with E-state index in [2.05, 4.69) is 62.0 Å². The molecule has 0 aliphatic carbocycles. The number of likely N-dealkylation sites (tertiary alicyclic amines) is 1. The Hall–Kier alpha value is -2.71. The number of thiophene rings is 1.